The number of carbonyl (C=O) groups is 1. The van der Waals surface area contributed by atoms with Crippen LogP contribution >= 0.6 is 0 Å². The molecule has 5 rings (SSSR count). The minimum Gasteiger partial charge on any atom is -0.490 e. The summed E-state index contributed by atoms with van der Waals surface area (Å²) in [4.78, 5) is 22.4. The highest BCUT2D eigenvalue weighted by Gasteiger charge is 2.18. The van der Waals surface area contributed by atoms with Crippen LogP contribution in [0.25, 0.3) is 11.0 Å². The molecule has 0 radical (unpaired) electrons. The van der Waals surface area contributed by atoms with Crippen molar-refractivity contribution in [2.45, 2.75) is 19.4 Å². The largest absolute Gasteiger partial charge is 0.490 e. The van der Waals surface area contributed by atoms with Gasteiger partial charge in [-0.2, -0.15) is 0 Å². The first-order chi connectivity index (χ1) is 15.2. The normalized spacial score (nSPS) is 17.1. The Hall–Kier alpha value is -2.90. The molecule has 0 spiro atoms. The molecule has 0 aliphatic carbocycles. The van der Waals surface area contributed by atoms with E-state index in [2.05, 4.69) is 31.7 Å². The first kappa shape index (κ1) is 20.0. The molecule has 7 nitrogen and oxygen atoms in total. The van der Waals surface area contributed by atoms with Crippen LogP contribution in [0, 0.1) is 0 Å². The number of nitrogens with zero attached hydrogens (tertiary/aromatic N) is 4. The number of anilines is 1. The maximum absolute atomic E-state index is 13.0. The van der Waals surface area contributed by atoms with Crippen molar-refractivity contribution in [2.75, 3.05) is 51.7 Å². The van der Waals surface area contributed by atoms with Gasteiger partial charge in [0.05, 0.1) is 16.7 Å². The third-order valence-corrected chi connectivity index (χ3v) is 6.27. The molecular formula is C24H29N5O2. The van der Waals surface area contributed by atoms with E-state index in [-0.39, 0.29) is 5.91 Å². The fourth-order valence-corrected chi connectivity index (χ4v) is 4.40. The van der Waals surface area contributed by atoms with E-state index in [1.165, 1.54) is 0 Å². The standard InChI is InChI=1S/C24H29N5O2/c1-27-11-13-28(14-12-27)15-16-31-22-6-3-2-5-20(22)26-24(30)18-8-9-19-21(17-18)29-10-4-7-23(29)25-19/h2-3,5-6,8-9,17H,4,7,10-16H2,1H3,(H,26,30). The van der Waals surface area contributed by atoms with Gasteiger partial charge in [0.15, 0.2) is 0 Å². The van der Waals surface area contributed by atoms with Gasteiger partial charge in [0.25, 0.3) is 5.91 Å². The molecule has 7 heteroatoms. The van der Waals surface area contributed by atoms with Crippen LogP contribution in [0.2, 0.25) is 0 Å². The van der Waals surface area contributed by atoms with Crippen LogP contribution in [0.15, 0.2) is 42.5 Å². The van der Waals surface area contributed by atoms with E-state index in [0.29, 0.717) is 23.6 Å². The summed E-state index contributed by atoms with van der Waals surface area (Å²) in [6.07, 6.45) is 2.13. The highest BCUT2D eigenvalue weighted by molar-refractivity contribution is 6.06. The fraction of sp³-hybridized carbons (Fsp3) is 0.417. The van der Waals surface area contributed by atoms with Crippen molar-refractivity contribution in [3.05, 3.63) is 53.9 Å². The summed E-state index contributed by atoms with van der Waals surface area (Å²) >= 11 is 0. The number of fused-ring (bicyclic) bond motifs is 3. The number of rotatable bonds is 6. The highest BCUT2D eigenvalue weighted by Crippen LogP contribution is 2.26. The third-order valence-electron chi connectivity index (χ3n) is 6.27. The minimum atomic E-state index is -0.134. The molecule has 3 aromatic rings. The van der Waals surface area contributed by atoms with Gasteiger partial charge in [0.1, 0.15) is 18.2 Å². The van der Waals surface area contributed by atoms with Crippen LogP contribution in [0.5, 0.6) is 5.75 Å². The lowest BCUT2D eigenvalue weighted by molar-refractivity contribution is 0.102. The summed E-state index contributed by atoms with van der Waals surface area (Å²) < 4.78 is 8.26. The molecule has 2 aromatic carbocycles. The van der Waals surface area contributed by atoms with Gasteiger partial charge in [-0.3, -0.25) is 9.69 Å². The molecule has 1 amide bonds. The number of para-hydroxylation sites is 2. The number of aromatic nitrogens is 2. The summed E-state index contributed by atoms with van der Waals surface area (Å²) in [6.45, 7) is 6.79. The number of hydrogen-bond donors (Lipinski definition) is 1. The van der Waals surface area contributed by atoms with Crippen LogP contribution in [0.4, 0.5) is 5.69 Å². The first-order valence-corrected chi connectivity index (χ1v) is 11.1. The zero-order valence-electron chi connectivity index (χ0n) is 18.0. The van der Waals surface area contributed by atoms with Crippen LogP contribution in [-0.4, -0.2) is 71.6 Å². The number of ether oxygens (including phenoxy) is 1. The topological polar surface area (TPSA) is 62.6 Å². The molecule has 1 aromatic heterocycles. The molecule has 1 N–H and O–H groups in total. The molecule has 0 bridgehead atoms. The lowest BCUT2D eigenvalue weighted by Crippen LogP contribution is -2.45. The monoisotopic (exact) mass is 419 g/mol. The molecule has 31 heavy (non-hydrogen) atoms. The molecular weight excluding hydrogens is 390 g/mol. The van der Waals surface area contributed by atoms with E-state index in [0.717, 1.165) is 69.0 Å². The van der Waals surface area contributed by atoms with E-state index >= 15 is 0 Å². The summed E-state index contributed by atoms with van der Waals surface area (Å²) in [5.41, 5.74) is 3.33. The Morgan fingerprint density at radius 1 is 1.10 bits per heavy atom. The molecule has 2 aliphatic heterocycles. The van der Waals surface area contributed by atoms with E-state index in [4.69, 9.17) is 4.74 Å². The Labute approximate surface area is 182 Å². The van der Waals surface area contributed by atoms with Gasteiger partial charge < -0.3 is 19.5 Å². The number of likely N-dealkylation sites (N-methyl/N-ethyl adjacent to an activating group) is 1. The van der Waals surface area contributed by atoms with Gasteiger partial charge in [-0.1, -0.05) is 12.1 Å². The second-order valence-corrected chi connectivity index (χ2v) is 8.43. The van der Waals surface area contributed by atoms with Gasteiger partial charge >= 0.3 is 0 Å². The van der Waals surface area contributed by atoms with E-state index < -0.39 is 0 Å². The van der Waals surface area contributed by atoms with Crippen molar-refractivity contribution in [3.8, 4) is 5.75 Å². The Bertz CT molecular complexity index is 1080. The van der Waals surface area contributed by atoms with Gasteiger partial charge in [-0.25, -0.2) is 4.98 Å². The van der Waals surface area contributed by atoms with Gasteiger partial charge in [-0.15, -0.1) is 0 Å². The molecule has 2 aliphatic rings. The Balaban J connectivity index is 1.25. The third kappa shape index (κ3) is 4.29. The fourth-order valence-electron chi connectivity index (χ4n) is 4.40. The summed E-state index contributed by atoms with van der Waals surface area (Å²) in [6, 6.07) is 13.4. The van der Waals surface area contributed by atoms with E-state index in [9.17, 15) is 4.79 Å². The van der Waals surface area contributed by atoms with Crippen molar-refractivity contribution in [3.63, 3.8) is 0 Å². The zero-order chi connectivity index (χ0) is 21.2. The Morgan fingerprint density at radius 3 is 2.81 bits per heavy atom. The SMILES string of the molecule is CN1CCN(CCOc2ccccc2NC(=O)c2ccc3nc4n(c3c2)CCC4)CC1. The smallest absolute Gasteiger partial charge is 0.255 e. The first-order valence-electron chi connectivity index (χ1n) is 11.1. The summed E-state index contributed by atoms with van der Waals surface area (Å²) in [7, 11) is 2.16. The molecule has 0 unspecified atom stereocenters. The number of hydrogen-bond acceptors (Lipinski definition) is 5. The number of imidazole rings is 1. The molecule has 3 heterocycles. The Kier molecular flexibility index (Phi) is 5.61. The van der Waals surface area contributed by atoms with Crippen LogP contribution in [-0.2, 0) is 13.0 Å². The molecule has 1 saturated heterocycles. The summed E-state index contributed by atoms with van der Waals surface area (Å²) in [5.74, 6) is 1.69. The van der Waals surface area contributed by atoms with Gasteiger partial charge in [-0.05, 0) is 43.8 Å². The maximum atomic E-state index is 13.0. The van der Waals surface area contributed by atoms with Gasteiger partial charge in [0.2, 0.25) is 0 Å². The van der Waals surface area contributed by atoms with E-state index in [1.807, 2.05) is 42.5 Å². The Morgan fingerprint density at radius 2 is 1.94 bits per heavy atom. The number of nitrogens with one attached hydrogen (secondary N) is 1. The van der Waals surface area contributed by atoms with E-state index in [1.54, 1.807) is 0 Å². The van der Waals surface area contributed by atoms with Crippen molar-refractivity contribution < 1.29 is 9.53 Å². The van der Waals surface area contributed by atoms with Crippen molar-refractivity contribution >= 4 is 22.6 Å². The van der Waals surface area contributed by atoms with Crippen LogP contribution < -0.4 is 10.1 Å². The number of amides is 1. The molecule has 0 atom stereocenters. The van der Waals surface area contributed by atoms with Crippen molar-refractivity contribution in [1.82, 2.24) is 19.4 Å². The predicted molar refractivity (Wildman–Crippen MR) is 122 cm³/mol. The van der Waals surface area contributed by atoms with Crippen molar-refractivity contribution in [1.29, 1.82) is 0 Å². The molecule has 1 fully saturated rings. The summed E-state index contributed by atoms with van der Waals surface area (Å²) in [5, 5.41) is 3.03. The molecule has 0 saturated carbocycles. The van der Waals surface area contributed by atoms with Crippen LogP contribution in [0.3, 0.4) is 0 Å². The number of benzene rings is 2. The van der Waals surface area contributed by atoms with Crippen molar-refractivity contribution in [2.24, 2.45) is 0 Å². The van der Waals surface area contributed by atoms with Gasteiger partial charge in [0, 0.05) is 51.3 Å². The highest BCUT2D eigenvalue weighted by atomic mass is 16.5. The maximum Gasteiger partial charge on any atom is 0.255 e. The quantitative estimate of drug-likeness (QED) is 0.666. The zero-order valence-corrected chi connectivity index (χ0v) is 18.0. The number of piperazine rings is 1. The minimum absolute atomic E-state index is 0.134. The second kappa shape index (κ2) is 8.69. The average molecular weight is 420 g/mol. The predicted octanol–water partition coefficient (Wildman–Crippen LogP) is 2.86. The number of aryl methyl sites for hydroxylation is 2. The molecule has 162 valence electrons. The number of carbonyl (C=O) groups excluding carboxylic acids is 1. The lowest BCUT2D eigenvalue weighted by Gasteiger charge is -2.32. The second-order valence-electron chi connectivity index (χ2n) is 8.43. The van der Waals surface area contributed by atoms with Crippen LogP contribution in [0.1, 0.15) is 22.6 Å². The average Bonchev–Trinajstić information content (AvgIpc) is 3.37. The lowest BCUT2D eigenvalue weighted by atomic mass is 10.1.